The maximum Gasteiger partial charge on any atom is 0.227 e. The van der Waals surface area contributed by atoms with E-state index in [1.165, 1.54) is 6.07 Å². The third-order valence-electron chi connectivity index (χ3n) is 7.30. The number of hydrogen-bond acceptors (Lipinski definition) is 5. The van der Waals surface area contributed by atoms with Gasteiger partial charge in [0.1, 0.15) is 22.8 Å². The first-order valence-electron chi connectivity index (χ1n) is 12.8. The van der Waals surface area contributed by atoms with Crippen molar-refractivity contribution in [1.29, 1.82) is 0 Å². The van der Waals surface area contributed by atoms with Gasteiger partial charge in [-0.2, -0.15) is 5.10 Å². The number of benzene rings is 2. The van der Waals surface area contributed by atoms with E-state index in [2.05, 4.69) is 25.5 Å². The summed E-state index contributed by atoms with van der Waals surface area (Å²) in [5.74, 6) is -0.518. The Hall–Kier alpha value is -5.05. The molecule has 39 heavy (non-hydrogen) atoms. The Labute approximate surface area is 222 Å². The maximum absolute atomic E-state index is 14.0. The van der Waals surface area contributed by atoms with E-state index in [4.69, 9.17) is 4.98 Å². The molecule has 0 aliphatic heterocycles. The topological polar surface area (TPSA) is 120 Å². The first-order chi connectivity index (χ1) is 19.0. The molecule has 7 rings (SSSR count). The molecule has 4 heterocycles. The fourth-order valence-electron chi connectivity index (χ4n) is 5.07. The normalized spacial score (nSPS) is 13.6. The highest BCUT2D eigenvalue weighted by atomic mass is 19.1. The van der Waals surface area contributed by atoms with E-state index in [-0.39, 0.29) is 17.6 Å². The number of phenolic OH excluding ortho intramolecular Hbond substituents is 1. The van der Waals surface area contributed by atoms with Crippen molar-refractivity contribution in [3.05, 3.63) is 78.9 Å². The summed E-state index contributed by atoms with van der Waals surface area (Å²) in [7, 11) is 0. The average Bonchev–Trinajstić information content (AvgIpc) is 3.50. The number of carbonyl (C=O) groups is 1. The number of hydrogen-bond donors (Lipinski definition) is 4. The number of amides is 1. The summed E-state index contributed by atoms with van der Waals surface area (Å²) in [5.41, 5.74) is 7.15. The van der Waals surface area contributed by atoms with Crippen LogP contribution < -0.4 is 5.32 Å². The lowest BCUT2D eigenvalue weighted by atomic mass is 9.85. The standard InChI is InChI=1S/C30H23FN6O2/c31-19-9-17(11-21(38)12-19)22-5-2-6-25-23(22)13-27(34-25)29-28-26(36-37-29)8-7-24(35-28)18-10-20(15-32-14-18)33-30(39)16-3-1-4-16/h2,5-16,34,38H,1,3-4H2,(H,33,39)(H,36,37). The van der Waals surface area contributed by atoms with Crippen molar-refractivity contribution >= 4 is 33.5 Å². The number of phenols is 1. The summed E-state index contributed by atoms with van der Waals surface area (Å²) < 4.78 is 14.0. The third-order valence-corrected chi connectivity index (χ3v) is 7.30. The maximum atomic E-state index is 14.0. The van der Waals surface area contributed by atoms with Gasteiger partial charge in [-0.05, 0) is 66.4 Å². The lowest BCUT2D eigenvalue weighted by Gasteiger charge is -2.24. The number of aromatic hydroxyl groups is 1. The van der Waals surface area contributed by atoms with E-state index in [1.54, 1.807) is 18.5 Å². The van der Waals surface area contributed by atoms with Gasteiger partial charge in [-0.25, -0.2) is 9.37 Å². The summed E-state index contributed by atoms with van der Waals surface area (Å²) >= 11 is 0. The van der Waals surface area contributed by atoms with Crippen molar-refractivity contribution in [3.8, 4) is 39.5 Å². The number of rotatable bonds is 5. The van der Waals surface area contributed by atoms with Crippen molar-refractivity contribution in [1.82, 2.24) is 25.1 Å². The van der Waals surface area contributed by atoms with E-state index < -0.39 is 5.82 Å². The number of H-pyrrole nitrogens is 2. The molecule has 9 heteroatoms. The van der Waals surface area contributed by atoms with Crippen LogP contribution in [0.2, 0.25) is 0 Å². The lowest BCUT2D eigenvalue weighted by Crippen LogP contribution is -2.28. The van der Waals surface area contributed by atoms with Gasteiger partial charge in [0.25, 0.3) is 0 Å². The summed E-state index contributed by atoms with van der Waals surface area (Å²) in [6.07, 6.45) is 6.32. The Morgan fingerprint density at radius 3 is 2.72 bits per heavy atom. The second-order valence-electron chi connectivity index (χ2n) is 9.89. The molecule has 0 radical (unpaired) electrons. The Balaban J connectivity index is 1.27. The molecule has 1 fully saturated rings. The van der Waals surface area contributed by atoms with Crippen LogP contribution in [-0.2, 0) is 4.79 Å². The lowest BCUT2D eigenvalue weighted by molar-refractivity contribution is -0.122. The van der Waals surface area contributed by atoms with E-state index in [0.29, 0.717) is 28.2 Å². The number of halogens is 1. The van der Waals surface area contributed by atoms with Crippen LogP contribution in [0.15, 0.2) is 73.1 Å². The monoisotopic (exact) mass is 518 g/mol. The minimum Gasteiger partial charge on any atom is -0.508 e. The molecule has 1 aliphatic rings. The number of anilines is 1. The van der Waals surface area contributed by atoms with Crippen molar-refractivity contribution in [3.63, 3.8) is 0 Å². The summed E-state index contributed by atoms with van der Waals surface area (Å²) in [6, 6.07) is 17.4. The Morgan fingerprint density at radius 2 is 1.90 bits per heavy atom. The Kier molecular flexibility index (Phi) is 5.36. The average molecular weight is 519 g/mol. The van der Waals surface area contributed by atoms with Crippen LogP contribution in [-0.4, -0.2) is 36.2 Å². The molecule has 0 saturated heterocycles. The molecule has 1 saturated carbocycles. The minimum atomic E-state index is -0.506. The quantitative estimate of drug-likeness (QED) is 0.210. The molecule has 0 unspecified atom stereocenters. The molecule has 1 aliphatic carbocycles. The molecule has 1 amide bonds. The van der Waals surface area contributed by atoms with Gasteiger partial charge in [-0.3, -0.25) is 14.9 Å². The first kappa shape index (κ1) is 23.1. The van der Waals surface area contributed by atoms with Crippen molar-refractivity contribution in [2.24, 2.45) is 5.92 Å². The number of nitrogens with zero attached hydrogens (tertiary/aromatic N) is 3. The number of fused-ring (bicyclic) bond motifs is 2. The zero-order chi connectivity index (χ0) is 26.5. The van der Waals surface area contributed by atoms with Crippen LogP contribution in [0.25, 0.3) is 55.7 Å². The first-order valence-corrected chi connectivity index (χ1v) is 12.8. The number of nitrogens with one attached hydrogen (secondary N) is 3. The number of carbonyl (C=O) groups excluding carboxylic acids is 1. The molecular weight excluding hydrogens is 495 g/mol. The molecule has 192 valence electrons. The molecule has 6 aromatic rings. The number of aromatic nitrogens is 5. The van der Waals surface area contributed by atoms with Gasteiger partial charge in [0.15, 0.2) is 0 Å². The number of aromatic amines is 2. The molecule has 0 spiro atoms. The highest BCUT2D eigenvalue weighted by molar-refractivity contribution is 6.00. The predicted octanol–water partition coefficient (Wildman–Crippen LogP) is 6.42. The zero-order valence-corrected chi connectivity index (χ0v) is 20.7. The highest BCUT2D eigenvalue weighted by Crippen LogP contribution is 2.35. The predicted molar refractivity (Wildman–Crippen MR) is 147 cm³/mol. The van der Waals surface area contributed by atoms with Gasteiger partial charge < -0.3 is 15.4 Å². The molecule has 2 aromatic carbocycles. The van der Waals surface area contributed by atoms with Gasteiger partial charge in [0, 0.05) is 34.6 Å². The molecule has 0 bridgehead atoms. The van der Waals surface area contributed by atoms with Crippen LogP contribution in [0.3, 0.4) is 0 Å². The van der Waals surface area contributed by atoms with Crippen LogP contribution in [0, 0.1) is 11.7 Å². The van der Waals surface area contributed by atoms with Crippen molar-refractivity contribution in [2.45, 2.75) is 19.3 Å². The van der Waals surface area contributed by atoms with Crippen molar-refractivity contribution in [2.75, 3.05) is 5.32 Å². The summed E-state index contributed by atoms with van der Waals surface area (Å²) in [4.78, 5) is 25.0. The fraction of sp³-hybridized carbons (Fsp3) is 0.133. The van der Waals surface area contributed by atoms with Crippen LogP contribution >= 0.6 is 0 Å². The molecule has 8 nitrogen and oxygen atoms in total. The molecule has 0 atom stereocenters. The minimum absolute atomic E-state index is 0.0346. The Bertz CT molecular complexity index is 1870. The smallest absolute Gasteiger partial charge is 0.227 e. The molecule has 4 aromatic heterocycles. The van der Waals surface area contributed by atoms with Crippen LogP contribution in [0.4, 0.5) is 10.1 Å². The van der Waals surface area contributed by atoms with Gasteiger partial charge >= 0.3 is 0 Å². The van der Waals surface area contributed by atoms with E-state index in [1.807, 2.05) is 42.5 Å². The zero-order valence-electron chi connectivity index (χ0n) is 20.7. The molecule has 4 N–H and O–H groups in total. The SMILES string of the molecule is O=C(Nc1cncc(-c2ccc3[nH]nc(-c4cc5c(-c6cc(O)cc(F)c6)cccc5[nH]4)c3n2)c1)C1CCC1. The van der Waals surface area contributed by atoms with Gasteiger partial charge in [0.05, 0.1) is 28.8 Å². The van der Waals surface area contributed by atoms with Gasteiger partial charge in [-0.15, -0.1) is 0 Å². The largest absolute Gasteiger partial charge is 0.508 e. The third kappa shape index (κ3) is 4.17. The van der Waals surface area contributed by atoms with Crippen molar-refractivity contribution < 1.29 is 14.3 Å². The summed E-state index contributed by atoms with van der Waals surface area (Å²) in [6.45, 7) is 0. The fourth-order valence-corrected chi connectivity index (χ4v) is 5.07. The molecular formula is C30H23FN6O2. The summed E-state index contributed by atoms with van der Waals surface area (Å²) in [5, 5.41) is 21.3. The highest BCUT2D eigenvalue weighted by Gasteiger charge is 2.25. The second-order valence-corrected chi connectivity index (χ2v) is 9.89. The number of pyridine rings is 2. The van der Waals surface area contributed by atoms with Crippen LogP contribution in [0.1, 0.15) is 19.3 Å². The van der Waals surface area contributed by atoms with Gasteiger partial charge in [0.2, 0.25) is 5.91 Å². The Morgan fingerprint density at radius 1 is 1.00 bits per heavy atom. The van der Waals surface area contributed by atoms with Crippen LogP contribution in [0.5, 0.6) is 5.75 Å². The van der Waals surface area contributed by atoms with E-state index >= 15 is 0 Å². The van der Waals surface area contributed by atoms with E-state index in [0.717, 1.165) is 58.6 Å². The second kappa shape index (κ2) is 9.05. The van der Waals surface area contributed by atoms with E-state index in [9.17, 15) is 14.3 Å². The van der Waals surface area contributed by atoms with Gasteiger partial charge in [-0.1, -0.05) is 18.6 Å².